The van der Waals surface area contributed by atoms with E-state index in [-0.39, 0.29) is 0 Å². The fourth-order valence-electron chi connectivity index (χ4n) is 1.32. The molecule has 0 saturated heterocycles. The van der Waals surface area contributed by atoms with Gasteiger partial charge in [0.25, 0.3) is 0 Å². The molecule has 1 heterocycles. The summed E-state index contributed by atoms with van der Waals surface area (Å²) in [5.74, 6) is -1.13. The van der Waals surface area contributed by atoms with Crippen LogP contribution in [0.25, 0.3) is 0 Å². The van der Waals surface area contributed by atoms with Crippen LogP contribution in [0.1, 0.15) is 10.4 Å². The Morgan fingerprint density at radius 2 is 1.87 bits per heavy atom. The molecule has 0 fully saturated rings. The van der Waals surface area contributed by atoms with Crippen molar-refractivity contribution in [1.82, 2.24) is 4.98 Å². The number of rotatable bonds is 2. The molecule has 2 aromatic rings. The van der Waals surface area contributed by atoms with Gasteiger partial charge in [-0.2, -0.15) is 0 Å². The van der Waals surface area contributed by atoms with E-state index in [0.29, 0.717) is 17.1 Å². The van der Waals surface area contributed by atoms with Gasteiger partial charge in [-0.3, -0.25) is 0 Å². The number of hydrogen-bond donors (Lipinski definition) is 1. The van der Waals surface area contributed by atoms with E-state index >= 15 is 0 Å². The van der Waals surface area contributed by atoms with E-state index in [9.17, 15) is 8.78 Å². The lowest BCUT2D eigenvalue weighted by Gasteiger charge is -1.99. The first-order chi connectivity index (χ1) is 7.13. The molecule has 0 bridgehead atoms. The SMILES string of the molecule is Nc1ncc(Cc2cc(F)cc(F)c2)s1. The second-order valence-corrected chi connectivity index (χ2v) is 4.27. The zero-order valence-electron chi connectivity index (χ0n) is 7.71. The zero-order valence-corrected chi connectivity index (χ0v) is 8.52. The molecule has 2 N–H and O–H groups in total. The van der Waals surface area contributed by atoms with Crippen molar-refractivity contribution in [3.63, 3.8) is 0 Å². The van der Waals surface area contributed by atoms with Crippen LogP contribution >= 0.6 is 11.3 Å². The highest BCUT2D eigenvalue weighted by molar-refractivity contribution is 7.15. The number of nitrogens with zero attached hydrogens (tertiary/aromatic N) is 1. The number of anilines is 1. The predicted molar refractivity (Wildman–Crippen MR) is 55.7 cm³/mol. The lowest BCUT2D eigenvalue weighted by atomic mass is 10.1. The van der Waals surface area contributed by atoms with Crippen LogP contribution in [-0.4, -0.2) is 4.98 Å². The Morgan fingerprint density at radius 1 is 1.20 bits per heavy atom. The van der Waals surface area contributed by atoms with Crippen LogP contribution < -0.4 is 5.73 Å². The molecular weight excluding hydrogens is 218 g/mol. The third kappa shape index (κ3) is 2.50. The summed E-state index contributed by atoms with van der Waals surface area (Å²) in [7, 11) is 0. The van der Waals surface area contributed by atoms with Gasteiger partial charge in [-0.15, -0.1) is 11.3 Å². The van der Waals surface area contributed by atoms with Crippen LogP contribution in [0.4, 0.5) is 13.9 Å². The maximum Gasteiger partial charge on any atom is 0.180 e. The third-order valence-corrected chi connectivity index (χ3v) is 2.70. The summed E-state index contributed by atoms with van der Waals surface area (Å²) in [6, 6.07) is 3.46. The summed E-state index contributed by atoms with van der Waals surface area (Å²) in [5.41, 5.74) is 6.03. The Hall–Kier alpha value is -1.49. The van der Waals surface area contributed by atoms with E-state index in [2.05, 4.69) is 4.98 Å². The van der Waals surface area contributed by atoms with E-state index in [4.69, 9.17) is 5.73 Å². The monoisotopic (exact) mass is 226 g/mol. The second kappa shape index (κ2) is 3.94. The van der Waals surface area contributed by atoms with Crippen molar-refractivity contribution in [3.05, 3.63) is 46.5 Å². The van der Waals surface area contributed by atoms with Crippen LogP contribution in [0.2, 0.25) is 0 Å². The molecule has 2 nitrogen and oxygen atoms in total. The minimum Gasteiger partial charge on any atom is -0.375 e. The summed E-state index contributed by atoms with van der Waals surface area (Å²) >= 11 is 1.32. The summed E-state index contributed by atoms with van der Waals surface area (Å²) in [4.78, 5) is 4.75. The molecule has 0 spiro atoms. The number of nitrogens with two attached hydrogens (primary N) is 1. The van der Waals surface area contributed by atoms with Crippen molar-refractivity contribution in [2.45, 2.75) is 6.42 Å². The van der Waals surface area contributed by atoms with Gasteiger partial charge in [0.1, 0.15) is 11.6 Å². The van der Waals surface area contributed by atoms with Gasteiger partial charge in [-0.25, -0.2) is 13.8 Å². The van der Waals surface area contributed by atoms with E-state index in [1.807, 2.05) is 0 Å². The molecular formula is C10H8F2N2S. The maximum atomic E-state index is 12.9. The van der Waals surface area contributed by atoms with E-state index in [0.717, 1.165) is 10.9 Å². The molecule has 5 heteroatoms. The Bertz CT molecular complexity index is 462. The number of nitrogen functional groups attached to an aromatic ring is 1. The Labute approximate surface area is 89.4 Å². The Morgan fingerprint density at radius 3 is 2.40 bits per heavy atom. The number of halogens is 2. The predicted octanol–water partition coefficient (Wildman–Crippen LogP) is 2.59. The molecule has 15 heavy (non-hydrogen) atoms. The third-order valence-electron chi connectivity index (χ3n) is 1.87. The number of thiazole rings is 1. The number of benzene rings is 1. The van der Waals surface area contributed by atoms with Crippen molar-refractivity contribution in [1.29, 1.82) is 0 Å². The van der Waals surface area contributed by atoms with Gasteiger partial charge in [-0.1, -0.05) is 0 Å². The van der Waals surface area contributed by atoms with Crippen molar-refractivity contribution in [2.75, 3.05) is 5.73 Å². The fourth-order valence-corrected chi connectivity index (χ4v) is 2.04. The van der Waals surface area contributed by atoms with Crippen molar-refractivity contribution in [2.24, 2.45) is 0 Å². The van der Waals surface area contributed by atoms with Gasteiger partial charge in [-0.05, 0) is 17.7 Å². The van der Waals surface area contributed by atoms with E-state index in [1.165, 1.54) is 23.5 Å². The first kappa shape index (κ1) is 10.0. The summed E-state index contributed by atoms with van der Waals surface area (Å²) in [6.45, 7) is 0. The highest BCUT2D eigenvalue weighted by Gasteiger charge is 2.04. The van der Waals surface area contributed by atoms with Crippen LogP contribution in [0.3, 0.4) is 0 Å². The summed E-state index contributed by atoms with van der Waals surface area (Å²) in [5, 5.41) is 0.460. The molecule has 0 amide bonds. The number of hydrogen-bond acceptors (Lipinski definition) is 3. The maximum absolute atomic E-state index is 12.9. The largest absolute Gasteiger partial charge is 0.375 e. The standard InChI is InChI=1S/C10H8F2N2S/c11-7-1-6(2-8(12)4-7)3-9-5-14-10(13)15-9/h1-2,4-5H,3H2,(H2,13,14). The topological polar surface area (TPSA) is 38.9 Å². The molecule has 78 valence electrons. The Balaban J connectivity index is 2.24. The second-order valence-electron chi connectivity index (χ2n) is 3.12. The van der Waals surface area contributed by atoms with Gasteiger partial charge >= 0.3 is 0 Å². The first-order valence-corrected chi connectivity index (χ1v) is 5.10. The average Bonchev–Trinajstić information content (AvgIpc) is 2.49. The van der Waals surface area contributed by atoms with Crippen molar-refractivity contribution >= 4 is 16.5 Å². The van der Waals surface area contributed by atoms with E-state index in [1.54, 1.807) is 6.20 Å². The van der Waals surface area contributed by atoms with E-state index < -0.39 is 11.6 Å². The molecule has 1 aromatic carbocycles. The fraction of sp³-hybridized carbons (Fsp3) is 0.100. The molecule has 0 saturated carbocycles. The smallest absolute Gasteiger partial charge is 0.180 e. The molecule has 0 unspecified atom stereocenters. The minimum atomic E-state index is -0.567. The van der Waals surface area contributed by atoms with Crippen LogP contribution in [0.5, 0.6) is 0 Å². The van der Waals surface area contributed by atoms with Crippen LogP contribution in [0.15, 0.2) is 24.4 Å². The average molecular weight is 226 g/mol. The van der Waals surface area contributed by atoms with Gasteiger partial charge in [0, 0.05) is 23.6 Å². The highest BCUT2D eigenvalue weighted by atomic mass is 32.1. The lowest BCUT2D eigenvalue weighted by Crippen LogP contribution is -1.88. The normalized spacial score (nSPS) is 10.5. The van der Waals surface area contributed by atoms with Crippen LogP contribution in [0, 0.1) is 11.6 Å². The molecule has 0 atom stereocenters. The zero-order chi connectivity index (χ0) is 10.8. The summed E-state index contributed by atoms with van der Waals surface area (Å²) in [6.07, 6.45) is 2.06. The minimum absolute atomic E-state index is 0.448. The molecule has 0 aliphatic heterocycles. The van der Waals surface area contributed by atoms with Gasteiger partial charge in [0.2, 0.25) is 0 Å². The number of aromatic nitrogens is 1. The molecule has 0 aliphatic carbocycles. The van der Waals surface area contributed by atoms with Crippen molar-refractivity contribution < 1.29 is 8.78 Å². The molecule has 0 aliphatic rings. The van der Waals surface area contributed by atoms with Gasteiger partial charge in [0.05, 0.1) is 0 Å². The quantitative estimate of drug-likeness (QED) is 0.854. The highest BCUT2D eigenvalue weighted by Crippen LogP contribution is 2.19. The summed E-state index contributed by atoms with van der Waals surface area (Å²) < 4.78 is 25.7. The first-order valence-electron chi connectivity index (χ1n) is 4.28. The van der Waals surface area contributed by atoms with Gasteiger partial charge in [0.15, 0.2) is 5.13 Å². The molecule has 2 rings (SSSR count). The molecule has 0 radical (unpaired) electrons. The van der Waals surface area contributed by atoms with Crippen molar-refractivity contribution in [3.8, 4) is 0 Å². The van der Waals surface area contributed by atoms with Gasteiger partial charge < -0.3 is 5.73 Å². The lowest BCUT2D eigenvalue weighted by molar-refractivity contribution is 0.580. The van der Waals surface area contributed by atoms with Crippen LogP contribution in [-0.2, 0) is 6.42 Å². The Kier molecular flexibility index (Phi) is 2.64. The molecule has 1 aromatic heterocycles.